The smallest absolute Gasteiger partial charge is 0.339 e. The van der Waals surface area contributed by atoms with Crippen LogP contribution in [0.15, 0.2) is 18.2 Å². The van der Waals surface area contributed by atoms with Gasteiger partial charge in [0.1, 0.15) is 5.82 Å². The molecule has 0 aliphatic heterocycles. The number of nitrogens with zero attached hydrogens (tertiary/aromatic N) is 1. The van der Waals surface area contributed by atoms with E-state index in [1.54, 1.807) is 13.8 Å². The van der Waals surface area contributed by atoms with Gasteiger partial charge < -0.3 is 4.90 Å². The number of halogens is 4. The number of alkyl halides is 3. The highest BCUT2D eigenvalue weighted by molar-refractivity contribution is 5.94. The van der Waals surface area contributed by atoms with Crippen LogP contribution < -0.4 is 0 Å². The summed E-state index contributed by atoms with van der Waals surface area (Å²) in [5, 5.41) is 0. The van der Waals surface area contributed by atoms with Gasteiger partial charge in [-0.25, -0.2) is 4.39 Å². The minimum absolute atomic E-state index is 0.311. The van der Waals surface area contributed by atoms with Crippen LogP contribution in [0.4, 0.5) is 17.6 Å². The van der Waals surface area contributed by atoms with E-state index in [0.29, 0.717) is 31.3 Å². The summed E-state index contributed by atoms with van der Waals surface area (Å²) in [5.41, 5.74) is -1.58. The largest absolute Gasteiger partial charge is 0.416 e. The lowest BCUT2D eigenvalue weighted by Crippen LogP contribution is -2.31. The maximum absolute atomic E-state index is 13.4. The number of benzene rings is 1. The molecule has 1 aromatic carbocycles. The molecule has 100 valence electrons. The van der Waals surface area contributed by atoms with E-state index in [9.17, 15) is 22.4 Å². The first-order valence-electron chi connectivity index (χ1n) is 5.47. The standard InChI is InChI=1S/C12H13F4NO/c1-3-17(4-2)11(18)9-7-8(12(14,15)16)5-6-10(9)13/h5-7H,3-4H2,1-2H3. The molecule has 18 heavy (non-hydrogen) atoms. The molecule has 0 fully saturated rings. The Morgan fingerprint density at radius 2 is 1.78 bits per heavy atom. The fourth-order valence-corrected chi connectivity index (χ4v) is 1.55. The van der Waals surface area contributed by atoms with Gasteiger partial charge in [0.25, 0.3) is 5.91 Å². The normalized spacial score (nSPS) is 11.4. The van der Waals surface area contributed by atoms with Crippen molar-refractivity contribution in [2.24, 2.45) is 0 Å². The van der Waals surface area contributed by atoms with Gasteiger partial charge in [0.2, 0.25) is 0 Å². The number of rotatable bonds is 3. The second kappa shape index (κ2) is 5.37. The van der Waals surface area contributed by atoms with Crippen molar-refractivity contribution in [3.8, 4) is 0 Å². The van der Waals surface area contributed by atoms with E-state index in [2.05, 4.69) is 0 Å². The van der Waals surface area contributed by atoms with Crippen LogP contribution in [0.2, 0.25) is 0 Å². The van der Waals surface area contributed by atoms with Crippen molar-refractivity contribution in [1.82, 2.24) is 4.90 Å². The Labute approximate surface area is 102 Å². The van der Waals surface area contributed by atoms with E-state index in [1.165, 1.54) is 4.90 Å². The van der Waals surface area contributed by atoms with Crippen molar-refractivity contribution in [3.05, 3.63) is 35.1 Å². The summed E-state index contributed by atoms with van der Waals surface area (Å²) in [4.78, 5) is 13.1. The number of carbonyl (C=O) groups is 1. The molecule has 0 bridgehead atoms. The number of hydrogen-bond acceptors (Lipinski definition) is 1. The molecule has 2 nitrogen and oxygen atoms in total. The van der Waals surface area contributed by atoms with Crippen molar-refractivity contribution in [3.63, 3.8) is 0 Å². The number of amides is 1. The van der Waals surface area contributed by atoms with E-state index in [1.807, 2.05) is 0 Å². The minimum Gasteiger partial charge on any atom is -0.339 e. The van der Waals surface area contributed by atoms with Crippen molar-refractivity contribution < 1.29 is 22.4 Å². The average Bonchev–Trinajstić information content (AvgIpc) is 2.29. The zero-order valence-corrected chi connectivity index (χ0v) is 10.0. The van der Waals surface area contributed by atoms with Crippen LogP contribution in [0.25, 0.3) is 0 Å². The van der Waals surface area contributed by atoms with Gasteiger partial charge in [-0.15, -0.1) is 0 Å². The van der Waals surface area contributed by atoms with E-state index in [-0.39, 0.29) is 0 Å². The predicted molar refractivity (Wildman–Crippen MR) is 58.7 cm³/mol. The molecule has 0 heterocycles. The minimum atomic E-state index is -4.59. The zero-order chi connectivity index (χ0) is 13.9. The van der Waals surface area contributed by atoms with Crippen LogP contribution in [0.5, 0.6) is 0 Å². The molecule has 1 amide bonds. The molecule has 0 unspecified atom stereocenters. The second-order valence-electron chi connectivity index (χ2n) is 3.67. The Morgan fingerprint density at radius 3 is 2.22 bits per heavy atom. The molecule has 0 spiro atoms. The maximum Gasteiger partial charge on any atom is 0.416 e. The van der Waals surface area contributed by atoms with Crippen molar-refractivity contribution in [2.45, 2.75) is 20.0 Å². The topological polar surface area (TPSA) is 20.3 Å². The van der Waals surface area contributed by atoms with E-state index in [0.717, 1.165) is 0 Å². The highest BCUT2D eigenvalue weighted by Gasteiger charge is 2.32. The van der Waals surface area contributed by atoms with Crippen molar-refractivity contribution in [2.75, 3.05) is 13.1 Å². The lowest BCUT2D eigenvalue weighted by Gasteiger charge is -2.19. The van der Waals surface area contributed by atoms with Crippen LogP contribution in [0.3, 0.4) is 0 Å². The zero-order valence-electron chi connectivity index (χ0n) is 10.0. The molecule has 0 saturated heterocycles. The Bertz CT molecular complexity index is 438. The molecular weight excluding hydrogens is 250 g/mol. The molecule has 1 aromatic rings. The molecule has 0 aromatic heterocycles. The summed E-state index contributed by atoms with van der Waals surface area (Å²) in [6.07, 6.45) is -4.59. The monoisotopic (exact) mass is 263 g/mol. The first-order chi connectivity index (χ1) is 8.31. The molecule has 1 rings (SSSR count). The van der Waals surface area contributed by atoms with Gasteiger partial charge in [-0.1, -0.05) is 0 Å². The second-order valence-corrected chi connectivity index (χ2v) is 3.67. The first-order valence-corrected chi connectivity index (χ1v) is 5.47. The molecule has 0 saturated carbocycles. The Kier molecular flexibility index (Phi) is 4.32. The molecule has 0 N–H and O–H groups in total. The highest BCUT2D eigenvalue weighted by Crippen LogP contribution is 2.30. The van der Waals surface area contributed by atoms with Gasteiger partial charge in [-0.3, -0.25) is 4.79 Å². The van der Waals surface area contributed by atoms with Crippen LogP contribution in [-0.2, 0) is 6.18 Å². The summed E-state index contributed by atoms with van der Waals surface area (Å²) in [7, 11) is 0. The van der Waals surface area contributed by atoms with Crippen LogP contribution >= 0.6 is 0 Å². The van der Waals surface area contributed by atoms with Crippen LogP contribution in [-0.4, -0.2) is 23.9 Å². The molecular formula is C12H13F4NO. The first kappa shape index (κ1) is 14.5. The van der Waals surface area contributed by atoms with Gasteiger partial charge in [-0.2, -0.15) is 13.2 Å². The lowest BCUT2D eigenvalue weighted by atomic mass is 10.1. The van der Waals surface area contributed by atoms with E-state index < -0.39 is 29.0 Å². The SMILES string of the molecule is CCN(CC)C(=O)c1cc(C(F)(F)F)ccc1F. The van der Waals surface area contributed by atoms with Gasteiger partial charge in [-0.05, 0) is 32.0 Å². The average molecular weight is 263 g/mol. The summed E-state index contributed by atoms with van der Waals surface area (Å²) in [6, 6.07) is 1.84. The maximum atomic E-state index is 13.4. The van der Waals surface area contributed by atoms with Crippen LogP contribution in [0, 0.1) is 5.82 Å². The third-order valence-electron chi connectivity index (χ3n) is 2.57. The number of hydrogen-bond donors (Lipinski definition) is 0. The predicted octanol–water partition coefficient (Wildman–Crippen LogP) is 3.33. The summed E-state index contributed by atoms with van der Waals surface area (Å²) in [5.74, 6) is -1.68. The summed E-state index contributed by atoms with van der Waals surface area (Å²) < 4.78 is 50.9. The molecule has 0 aliphatic carbocycles. The van der Waals surface area contributed by atoms with Gasteiger partial charge in [0.15, 0.2) is 0 Å². The molecule has 0 radical (unpaired) electrons. The van der Waals surface area contributed by atoms with Gasteiger partial charge in [0, 0.05) is 13.1 Å². The molecule has 0 aliphatic rings. The lowest BCUT2D eigenvalue weighted by molar-refractivity contribution is -0.137. The Balaban J connectivity index is 3.19. The van der Waals surface area contributed by atoms with Crippen molar-refractivity contribution >= 4 is 5.91 Å². The Hall–Kier alpha value is -1.59. The van der Waals surface area contributed by atoms with Crippen LogP contribution in [0.1, 0.15) is 29.8 Å². The van der Waals surface area contributed by atoms with Gasteiger partial charge >= 0.3 is 6.18 Å². The van der Waals surface area contributed by atoms with E-state index in [4.69, 9.17) is 0 Å². The highest BCUT2D eigenvalue weighted by atomic mass is 19.4. The number of carbonyl (C=O) groups excluding carboxylic acids is 1. The summed E-state index contributed by atoms with van der Waals surface area (Å²) in [6.45, 7) is 3.97. The quantitative estimate of drug-likeness (QED) is 0.766. The fourth-order valence-electron chi connectivity index (χ4n) is 1.55. The molecule has 0 atom stereocenters. The van der Waals surface area contributed by atoms with Crippen molar-refractivity contribution in [1.29, 1.82) is 0 Å². The summed E-state index contributed by atoms with van der Waals surface area (Å²) >= 11 is 0. The third kappa shape index (κ3) is 3.00. The van der Waals surface area contributed by atoms with E-state index >= 15 is 0 Å². The Morgan fingerprint density at radius 1 is 1.22 bits per heavy atom. The third-order valence-corrected chi connectivity index (χ3v) is 2.57. The molecule has 6 heteroatoms. The van der Waals surface area contributed by atoms with Gasteiger partial charge in [0.05, 0.1) is 11.1 Å². The fraction of sp³-hybridized carbons (Fsp3) is 0.417.